The van der Waals surface area contributed by atoms with E-state index in [2.05, 4.69) is 16.0 Å². The van der Waals surface area contributed by atoms with Crippen LogP contribution in [0.5, 0.6) is 0 Å². The summed E-state index contributed by atoms with van der Waals surface area (Å²) in [6.07, 6.45) is 8.90. The number of nitrogens with two attached hydrogens (primary N) is 1. The van der Waals surface area contributed by atoms with E-state index in [1.54, 1.807) is 0 Å². The molecule has 1 spiro atoms. The molecule has 1 aromatic rings. The van der Waals surface area contributed by atoms with Crippen molar-refractivity contribution in [2.24, 2.45) is 11.1 Å². The van der Waals surface area contributed by atoms with Gasteiger partial charge in [-0.3, -0.25) is 0 Å². The highest BCUT2D eigenvalue weighted by molar-refractivity contribution is 5.43. The fraction of sp³-hybridized carbons (Fsp3) is 0.667. The maximum atomic E-state index is 5.95. The number of pyridine rings is 1. The molecule has 1 aliphatic carbocycles. The summed E-state index contributed by atoms with van der Waals surface area (Å²) in [5, 5.41) is 0. The zero-order chi connectivity index (χ0) is 12.6. The van der Waals surface area contributed by atoms with Crippen LogP contribution in [0.4, 0.5) is 5.82 Å². The lowest BCUT2D eigenvalue weighted by Crippen LogP contribution is -2.25. The highest BCUT2D eigenvalue weighted by Crippen LogP contribution is 2.46. The van der Waals surface area contributed by atoms with Gasteiger partial charge in [0, 0.05) is 25.3 Å². The zero-order valence-corrected chi connectivity index (χ0v) is 11.2. The van der Waals surface area contributed by atoms with Crippen LogP contribution in [0.2, 0.25) is 0 Å². The van der Waals surface area contributed by atoms with E-state index in [-0.39, 0.29) is 6.04 Å². The van der Waals surface area contributed by atoms with Crippen LogP contribution in [0.25, 0.3) is 0 Å². The average molecular weight is 245 g/mol. The summed E-state index contributed by atoms with van der Waals surface area (Å²) in [6, 6.07) is 4.28. The van der Waals surface area contributed by atoms with Gasteiger partial charge in [0.25, 0.3) is 0 Å². The lowest BCUT2D eigenvalue weighted by Gasteiger charge is -2.24. The molecule has 1 unspecified atom stereocenters. The van der Waals surface area contributed by atoms with Crippen molar-refractivity contribution in [3.8, 4) is 0 Å². The van der Waals surface area contributed by atoms with Crippen molar-refractivity contribution in [3.05, 3.63) is 23.9 Å². The molecule has 2 fully saturated rings. The van der Waals surface area contributed by atoms with Crippen molar-refractivity contribution in [2.75, 3.05) is 18.0 Å². The smallest absolute Gasteiger partial charge is 0.128 e. The summed E-state index contributed by atoms with van der Waals surface area (Å²) in [5.74, 6) is 1.12. The summed E-state index contributed by atoms with van der Waals surface area (Å²) in [5.41, 5.74) is 7.74. The molecule has 0 radical (unpaired) electrons. The van der Waals surface area contributed by atoms with Gasteiger partial charge in [-0.25, -0.2) is 4.98 Å². The van der Waals surface area contributed by atoms with E-state index < -0.39 is 0 Å². The molecule has 0 amide bonds. The standard InChI is InChI=1S/C15H23N3/c1-12(16)13-4-8-17-14(10-13)18-9-7-15(11-18)5-2-3-6-15/h4,8,10,12H,2-3,5-7,9,11,16H2,1H3. The van der Waals surface area contributed by atoms with Crippen molar-refractivity contribution < 1.29 is 0 Å². The van der Waals surface area contributed by atoms with E-state index in [0.29, 0.717) is 5.41 Å². The van der Waals surface area contributed by atoms with Crippen molar-refractivity contribution in [1.29, 1.82) is 0 Å². The van der Waals surface area contributed by atoms with Gasteiger partial charge in [0.15, 0.2) is 0 Å². The molecule has 98 valence electrons. The number of nitrogens with zero attached hydrogens (tertiary/aromatic N) is 2. The van der Waals surface area contributed by atoms with Gasteiger partial charge in [-0.2, -0.15) is 0 Å². The van der Waals surface area contributed by atoms with Crippen LogP contribution >= 0.6 is 0 Å². The SMILES string of the molecule is CC(N)c1ccnc(N2CCC3(CCCC3)C2)c1. The number of aromatic nitrogens is 1. The Hall–Kier alpha value is -1.09. The largest absolute Gasteiger partial charge is 0.356 e. The first kappa shape index (κ1) is 12.0. The Morgan fingerprint density at radius 2 is 2.11 bits per heavy atom. The molecule has 2 N–H and O–H groups in total. The van der Waals surface area contributed by atoms with Crippen LogP contribution in [-0.2, 0) is 0 Å². The van der Waals surface area contributed by atoms with Crippen molar-refractivity contribution in [2.45, 2.75) is 45.1 Å². The van der Waals surface area contributed by atoms with E-state index in [1.807, 2.05) is 19.2 Å². The van der Waals surface area contributed by atoms with Gasteiger partial charge in [0.2, 0.25) is 0 Å². The summed E-state index contributed by atoms with van der Waals surface area (Å²) < 4.78 is 0. The second-order valence-electron chi connectivity index (χ2n) is 6.11. The van der Waals surface area contributed by atoms with E-state index in [9.17, 15) is 0 Å². The molecule has 1 atom stereocenters. The third-order valence-corrected chi connectivity index (χ3v) is 4.72. The molecule has 2 heterocycles. The van der Waals surface area contributed by atoms with Gasteiger partial charge in [-0.15, -0.1) is 0 Å². The third kappa shape index (κ3) is 2.12. The van der Waals surface area contributed by atoms with Gasteiger partial charge in [-0.1, -0.05) is 12.8 Å². The summed E-state index contributed by atoms with van der Waals surface area (Å²) in [6.45, 7) is 4.39. The topological polar surface area (TPSA) is 42.1 Å². The maximum absolute atomic E-state index is 5.95. The number of hydrogen-bond donors (Lipinski definition) is 1. The Bertz CT molecular complexity index is 422. The Balaban J connectivity index is 1.78. The van der Waals surface area contributed by atoms with Crippen LogP contribution in [-0.4, -0.2) is 18.1 Å². The molecule has 0 aromatic carbocycles. The van der Waals surface area contributed by atoms with Crippen LogP contribution in [0.15, 0.2) is 18.3 Å². The summed E-state index contributed by atoms with van der Waals surface area (Å²) in [7, 11) is 0. The minimum Gasteiger partial charge on any atom is -0.356 e. The van der Waals surface area contributed by atoms with Gasteiger partial charge in [0.05, 0.1) is 0 Å². The highest BCUT2D eigenvalue weighted by atomic mass is 15.2. The van der Waals surface area contributed by atoms with E-state index in [0.717, 1.165) is 12.4 Å². The van der Waals surface area contributed by atoms with E-state index in [4.69, 9.17) is 5.73 Å². The van der Waals surface area contributed by atoms with Gasteiger partial charge in [0.1, 0.15) is 5.82 Å². The van der Waals surface area contributed by atoms with Crippen molar-refractivity contribution >= 4 is 5.82 Å². The molecule has 3 nitrogen and oxygen atoms in total. The third-order valence-electron chi connectivity index (χ3n) is 4.72. The first-order valence-electron chi connectivity index (χ1n) is 7.15. The minimum atomic E-state index is 0.0924. The first-order valence-corrected chi connectivity index (χ1v) is 7.15. The zero-order valence-electron chi connectivity index (χ0n) is 11.2. The molecule has 1 aliphatic heterocycles. The lowest BCUT2D eigenvalue weighted by molar-refractivity contribution is 0.340. The quantitative estimate of drug-likeness (QED) is 0.871. The van der Waals surface area contributed by atoms with Gasteiger partial charge >= 0.3 is 0 Å². The fourth-order valence-corrected chi connectivity index (χ4v) is 3.55. The van der Waals surface area contributed by atoms with Crippen LogP contribution in [0, 0.1) is 5.41 Å². The summed E-state index contributed by atoms with van der Waals surface area (Å²) in [4.78, 5) is 6.98. The van der Waals surface area contributed by atoms with Crippen LogP contribution in [0.1, 0.15) is 50.6 Å². The molecule has 1 aromatic heterocycles. The molecule has 0 bridgehead atoms. The molecular weight excluding hydrogens is 222 g/mol. The van der Waals surface area contributed by atoms with Gasteiger partial charge in [-0.05, 0) is 49.3 Å². The average Bonchev–Trinajstić information content (AvgIpc) is 3.01. The second kappa shape index (κ2) is 4.54. The number of anilines is 1. The second-order valence-corrected chi connectivity index (χ2v) is 6.11. The minimum absolute atomic E-state index is 0.0924. The predicted octanol–water partition coefficient (Wildman–Crippen LogP) is 2.87. The van der Waals surface area contributed by atoms with Gasteiger partial charge < -0.3 is 10.6 Å². The Labute approximate surface area is 109 Å². The first-order chi connectivity index (χ1) is 8.69. The molecule has 3 heteroatoms. The molecule has 1 saturated carbocycles. The Morgan fingerprint density at radius 3 is 2.83 bits per heavy atom. The molecule has 1 saturated heterocycles. The van der Waals surface area contributed by atoms with E-state index >= 15 is 0 Å². The highest BCUT2D eigenvalue weighted by Gasteiger charge is 2.40. The van der Waals surface area contributed by atoms with Crippen molar-refractivity contribution in [1.82, 2.24) is 4.98 Å². The maximum Gasteiger partial charge on any atom is 0.128 e. The van der Waals surface area contributed by atoms with E-state index in [1.165, 1.54) is 44.2 Å². The molecule has 2 aliphatic rings. The lowest BCUT2D eigenvalue weighted by atomic mass is 9.86. The summed E-state index contributed by atoms with van der Waals surface area (Å²) >= 11 is 0. The molecule has 3 rings (SSSR count). The number of hydrogen-bond acceptors (Lipinski definition) is 3. The van der Waals surface area contributed by atoms with Crippen LogP contribution in [0.3, 0.4) is 0 Å². The fourth-order valence-electron chi connectivity index (χ4n) is 3.55. The van der Waals surface area contributed by atoms with Crippen LogP contribution < -0.4 is 10.6 Å². The van der Waals surface area contributed by atoms with Crippen molar-refractivity contribution in [3.63, 3.8) is 0 Å². The Morgan fingerprint density at radius 1 is 1.33 bits per heavy atom. The molecular formula is C15H23N3. The molecule has 18 heavy (non-hydrogen) atoms. The Kier molecular flexibility index (Phi) is 3.02. The monoisotopic (exact) mass is 245 g/mol. The predicted molar refractivity (Wildman–Crippen MR) is 74.6 cm³/mol. The normalized spacial score (nSPS) is 23.8. The number of rotatable bonds is 2.